The Morgan fingerprint density at radius 2 is 1.71 bits per heavy atom. The molecule has 1 aromatic heterocycles. The lowest BCUT2D eigenvalue weighted by Crippen LogP contribution is -2.25. The van der Waals surface area contributed by atoms with Gasteiger partial charge in [-0.3, -0.25) is 9.69 Å². The standard InChI is InChI=1S/C18H27N5O/c1-3-5-11-23(12-6-4-2)13-14-7-9-15(10-8-14)16-17(18(19)24)21-22-20-16/h7-10H,3-6,11-13H2,1-2H3,(H2,19,24)(H,20,21,22). The number of carbonyl (C=O) groups is 1. The van der Waals surface area contributed by atoms with E-state index in [1.807, 2.05) is 12.1 Å². The van der Waals surface area contributed by atoms with E-state index >= 15 is 0 Å². The summed E-state index contributed by atoms with van der Waals surface area (Å²) in [6.45, 7) is 7.66. The van der Waals surface area contributed by atoms with E-state index in [0.717, 1.165) is 25.2 Å². The van der Waals surface area contributed by atoms with Crippen molar-refractivity contribution >= 4 is 5.91 Å². The van der Waals surface area contributed by atoms with Crippen LogP contribution in [0.1, 0.15) is 55.6 Å². The molecule has 24 heavy (non-hydrogen) atoms. The predicted molar refractivity (Wildman–Crippen MR) is 95.4 cm³/mol. The second-order valence-electron chi connectivity index (χ2n) is 6.07. The number of carbonyl (C=O) groups excluding carboxylic acids is 1. The molecule has 0 saturated carbocycles. The van der Waals surface area contributed by atoms with Crippen LogP contribution in [0.2, 0.25) is 0 Å². The molecular weight excluding hydrogens is 302 g/mol. The van der Waals surface area contributed by atoms with Crippen LogP contribution in [0.4, 0.5) is 0 Å². The van der Waals surface area contributed by atoms with Crippen LogP contribution in [0.3, 0.4) is 0 Å². The lowest BCUT2D eigenvalue weighted by molar-refractivity contribution is 0.0996. The molecule has 3 N–H and O–H groups in total. The monoisotopic (exact) mass is 329 g/mol. The molecule has 0 spiro atoms. The number of aromatic nitrogens is 3. The Morgan fingerprint density at radius 3 is 2.25 bits per heavy atom. The largest absolute Gasteiger partial charge is 0.364 e. The molecule has 2 aromatic rings. The number of nitrogens with zero attached hydrogens (tertiary/aromatic N) is 3. The Kier molecular flexibility index (Phi) is 6.93. The second kappa shape index (κ2) is 9.17. The predicted octanol–water partition coefficient (Wildman–Crippen LogP) is 2.97. The van der Waals surface area contributed by atoms with E-state index in [1.165, 1.54) is 31.2 Å². The summed E-state index contributed by atoms with van der Waals surface area (Å²) in [5.41, 5.74) is 8.10. The number of nitrogens with two attached hydrogens (primary N) is 1. The van der Waals surface area contributed by atoms with Gasteiger partial charge in [-0.15, -0.1) is 0 Å². The first kappa shape index (κ1) is 18.1. The van der Waals surface area contributed by atoms with Crippen molar-refractivity contribution in [3.63, 3.8) is 0 Å². The van der Waals surface area contributed by atoms with Gasteiger partial charge in [0, 0.05) is 12.1 Å². The fourth-order valence-electron chi connectivity index (χ4n) is 2.66. The summed E-state index contributed by atoms with van der Waals surface area (Å²) < 4.78 is 0. The highest BCUT2D eigenvalue weighted by molar-refractivity contribution is 5.96. The van der Waals surface area contributed by atoms with Crippen LogP contribution in [0.5, 0.6) is 0 Å². The third-order valence-electron chi connectivity index (χ3n) is 4.07. The highest BCUT2D eigenvalue weighted by atomic mass is 16.1. The summed E-state index contributed by atoms with van der Waals surface area (Å²) in [6.07, 6.45) is 4.87. The van der Waals surface area contributed by atoms with Gasteiger partial charge in [0.05, 0.1) is 0 Å². The molecule has 0 aliphatic rings. The van der Waals surface area contributed by atoms with Crippen LogP contribution in [0.15, 0.2) is 24.3 Å². The molecule has 2 rings (SSSR count). The number of rotatable bonds is 10. The fraction of sp³-hybridized carbons (Fsp3) is 0.500. The number of hydrogen-bond acceptors (Lipinski definition) is 4. The molecule has 0 fully saturated rings. The van der Waals surface area contributed by atoms with Crippen LogP contribution >= 0.6 is 0 Å². The molecule has 0 bridgehead atoms. The maximum Gasteiger partial charge on any atom is 0.271 e. The van der Waals surface area contributed by atoms with E-state index in [-0.39, 0.29) is 5.69 Å². The molecule has 0 aliphatic carbocycles. The molecule has 6 heteroatoms. The molecule has 0 saturated heterocycles. The van der Waals surface area contributed by atoms with E-state index in [2.05, 4.69) is 46.3 Å². The third-order valence-corrected chi connectivity index (χ3v) is 4.07. The SMILES string of the molecule is CCCCN(CCCC)Cc1ccc(-c2n[nH]nc2C(N)=O)cc1. The number of aromatic amines is 1. The van der Waals surface area contributed by atoms with Gasteiger partial charge in [-0.05, 0) is 31.5 Å². The van der Waals surface area contributed by atoms with Crippen molar-refractivity contribution in [3.05, 3.63) is 35.5 Å². The summed E-state index contributed by atoms with van der Waals surface area (Å²) in [5.74, 6) is -0.576. The summed E-state index contributed by atoms with van der Waals surface area (Å²) in [5, 5.41) is 10.3. The third kappa shape index (κ3) is 4.89. The Bertz CT molecular complexity index is 627. The van der Waals surface area contributed by atoms with Crippen molar-refractivity contribution in [2.45, 2.75) is 46.1 Å². The maximum atomic E-state index is 11.4. The summed E-state index contributed by atoms with van der Waals surface area (Å²) >= 11 is 0. The average molecular weight is 329 g/mol. The molecule has 1 heterocycles. The Hall–Kier alpha value is -2.21. The van der Waals surface area contributed by atoms with Crippen molar-refractivity contribution in [2.75, 3.05) is 13.1 Å². The number of benzene rings is 1. The molecule has 1 amide bonds. The van der Waals surface area contributed by atoms with Gasteiger partial charge in [0.1, 0.15) is 5.69 Å². The van der Waals surface area contributed by atoms with Gasteiger partial charge in [0.2, 0.25) is 0 Å². The highest BCUT2D eigenvalue weighted by Gasteiger charge is 2.15. The summed E-state index contributed by atoms with van der Waals surface area (Å²) in [6, 6.07) is 8.11. The highest BCUT2D eigenvalue weighted by Crippen LogP contribution is 2.20. The number of H-pyrrole nitrogens is 1. The van der Waals surface area contributed by atoms with Crippen molar-refractivity contribution in [1.29, 1.82) is 0 Å². The van der Waals surface area contributed by atoms with Gasteiger partial charge in [-0.1, -0.05) is 51.0 Å². The molecule has 130 valence electrons. The summed E-state index contributed by atoms with van der Waals surface area (Å²) in [7, 11) is 0. The zero-order valence-electron chi connectivity index (χ0n) is 14.6. The van der Waals surface area contributed by atoms with Crippen LogP contribution in [-0.2, 0) is 6.54 Å². The first-order chi connectivity index (χ1) is 11.7. The average Bonchev–Trinajstić information content (AvgIpc) is 3.08. The molecule has 6 nitrogen and oxygen atoms in total. The van der Waals surface area contributed by atoms with E-state index in [9.17, 15) is 4.79 Å². The Morgan fingerprint density at radius 1 is 1.08 bits per heavy atom. The fourth-order valence-corrected chi connectivity index (χ4v) is 2.66. The minimum absolute atomic E-state index is 0.176. The number of primary amides is 1. The van der Waals surface area contributed by atoms with Crippen LogP contribution in [-0.4, -0.2) is 39.3 Å². The normalized spacial score (nSPS) is 11.1. The molecule has 0 radical (unpaired) electrons. The zero-order valence-corrected chi connectivity index (χ0v) is 14.6. The van der Waals surface area contributed by atoms with E-state index < -0.39 is 5.91 Å². The quantitative estimate of drug-likeness (QED) is 0.701. The van der Waals surface area contributed by atoms with Gasteiger partial charge in [0.15, 0.2) is 5.69 Å². The van der Waals surface area contributed by atoms with Gasteiger partial charge >= 0.3 is 0 Å². The van der Waals surface area contributed by atoms with Crippen molar-refractivity contribution in [3.8, 4) is 11.3 Å². The Balaban J connectivity index is 2.07. The molecule has 0 unspecified atom stereocenters. The maximum absolute atomic E-state index is 11.4. The Labute approximate surface area is 143 Å². The van der Waals surface area contributed by atoms with E-state index in [4.69, 9.17) is 5.73 Å². The summed E-state index contributed by atoms with van der Waals surface area (Å²) in [4.78, 5) is 13.9. The molecule has 0 aliphatic heterocycles. The van der Waals surface area contributed by atoms with Gasteiger partial charge in [-0.2, -0.15) is 15.4 Å². The number of hydrogen-bond donors (Lipinski definition) is 2. The first-order valence-corrected chi connectivity index (χ1v) is 8.68. The minimum Gasteiger partial charge on any atom is -0.364 e. The minimum atomic E-state index is -0.576. The number of amides is 1. The second-order valence-corrected chi connectivity index (χ2v) is 6.07. The van der Waals surface area contributed by atoms with Crippen molar-refractivity contribution in [2.24, 2.45) is 5.73 Å². The number of unbranched alkanes of at least 4 members (excludes halogenated alkanes) is 2. The van der Waals surface area contributed by atoms with Crippen molar-refractivity contribution < 1.29 is 4.79 Å². The van der Waals surface area contributed by atoms with E-state index in [1.54, 1.807) is 0 Å². The van der Waals surface area contributed by atoms with E-state index in [0.29, 0.717) is 5.69 Å². The topological polar surface area (TPSA) is 87.9 Å². The van der Waals surface area contributed by atoms with Crippen LogP contribution < -0.4 is 5.73 Å². The van der Waals surface area contributed by atoms with Gasteiger partial charge in [-0.25, -0.2) is 0 Å². The lowest BCUT2D eigenvalue weighted by Gasteiger charge is -2.22. The van der Waals surface area contributed by atoms with Gasteiger partial charge in [0.25, 0.3) is 5.91 Å². The molecule has 1 aromatic carbocycles. The number of nitrogens with one attached hydrogen (secondary N) is 1. The lowest BCUT2D eigenvalue weighted by atomic mass is 10.1. The van der Waals surface area contributed by atoms with Crippen LogP contribution in [0, 0.1) is 0 Å². The smallest absolute Gasteiger partial charge is 0.271 e. The van der Waals surface area contributed by atoms with Crippen LogP contribution in [0.25, 0.3) is 11.3 Å². The van der Waals surface area contributed by atoms with Crippen molar-refractivity contribution in [1.82, 2.24) is 20.3 Å². The zero-order chi connectivity index (χ0) is 17.4. The van der Waals surface area contributed by atoms with Gasteiger partial charge < -0.3 is 5.73 Å². The molecular formula is C18H27N5O. The first-order valence-electron chi connectivity index (χ1n) is 8.68. The molecule has 0 atom stereocenters.